The van der Waals surface area contributed by atoms with Crippen LogP contribution in [-0.2, 0) is 17.3 Å². The number of phenols is 1. The smallest absolute Gasteiger partial charge is 0.275 e. The van der Waals surface area contributed by atoms with Gasteiger partial charge in [-0.25, -0.2) is 8.78 Å². The van der Waals surface area contributed by atoms with Crippen molar-refractivity contribution in [1.29, 1.82) is 0 Å². The molecule has 0 aromatic heterocycles. The predicted octanol–water partition coefficient (Wildman–Crippen LogP) is 4.27. The molecular weight excluding hydrogens is 404 g/mol. The van der Waals surface area contributed by atoms with E-state index in [4.69, 9.17) is 4.74 Å². The molecule has 2 rings (SSSR count). The number of alkyl halides is 2. The number of nitrogens with one attached hydrogen (secondary N) is 1. The largest absolute Gasteiger partial charge is 0.508 e. The maximum Gasteiger partial charge on any atom is 0.275 e. The summed E-state index contributed by atoms with van der Waals surface area (Å²) in [6.07, 6.45) is 2.68. The molecule has 0 heterocycles. The molecule has 31 heavy (non-hydrogen) atoms. The van der Waals surface area contributed by atoms with Crippen LogP contribution in [-0.4, -0.2) is 41.6 Å². The number of aliphatic hydroxyl groups excluding tert-OH is 2. The first-order valence-electron chi connectivity index (χ1n) is 10.8. The molecule has 2 aromatic rings. The maximum absolute atomic E-state index is 14.0. The molecule has 0 unspecified atom stereocenters. The third-order valence-electron chi connectivity index (χ3n) is 5.15. The second kappa shape index (κ2) is 13.4. The summed E-state index contributed by atoms with van der Waals surface area (Å²) in [6, 6.07) is 12.5. The number of hydrogen-bond acceptors (Lipinski definition) is 5. The molecule has 0 spiro atoms. The average molecular weight is 438 g/mol. The van der Waals surface area contributed by atoms with E-state index in [1.165, 1.54) is 18.2 Å². The molecule has 0 amide bonds. The standard InChI is InChI=1S/C24H33F2NO4/c25-24(26,21-8-4-3-5-9-21)12-15-31-14-7-2-1-6-13-27-17-23(30)19-10-11-22(29)20(16-19)18-28/h3-5,8-11,16,23,27-30H,1-2,6-7,12-15,17-18H2/t23-/m1/s1. The van der Waals surface area contributed by atoms with Gasteiger partial charge in [0.05, 0.1) is 19.3 Å². The number of halogens is 2. The fourth-order valence-electron chi connectivity index (χ4n) is 3.23. The molecule has 2 aromatic carbocycles. The topological polar surface area (TPSA) is 82.0 Å². The first kappa shape index (κ1) is 25.2. The van der Waals surface area contributed by atoms with Crippen molar-refractivity contribution in [2.75, 3.05) is 26.3 Å². The van der Waals surface area contributed by atoms with Gasteiger partial charge < -0.3 is 25.4 Å². The molecule has 0 aliphatic rings. The third kappa shape index (κ3) is 8.91. The summed E-state index contributed by atoms with van der Waals surface area (Å²) < 4.78 is 33.4. The van der Waals surface area contributed by atoms with Crippen molar-refractivity contribution in [1.82, 2.24) is 5.32 Å². The highest BCUT2D eigenvalue weighted by Crippen LogP contribution is 2.31. The van der Waals surface area contributed by atoms with E-state index < -0.39 is 12.0 Å². The summed E-state index contributed by atoms with van der Waals surface area (Å²) in [6.45, 7) is 1.38. The molecule has 0 aliphatic heterocycles. The van der Waals surface area contributed by atoms with Crippen molar-refractivity contribution in [3.05, 3.63) is 65.2 Å². The van der Waals surface area contributed by atoms with Gasteiger partial charge in [-0.05, 0) is 37.1 Å². The highest BCUT2D eigenvalue weighted by atomic mass is 19.3. The van der Waals surface area contributed by atoms with Crippen LogP contribution in [0.5, 0.6) is 5.75 Å². The van der Waals surface area contributed by atoms with E-state index in [-0.39, 0.29) is 30.9 Å². The van der Waals surface area contributed by atoms with Crippen LogP contribution in [0.3, 0.4) is 0 Å². The molecule has 4 N–H and O–H groups in total. The maximum atomic E-state index is 14.0. The summed E-state index contributed by atoms with van der Waals surface area (Å²) in [5, 5.41) is 32.1. The minimum absolute atomic E-state index is 0.0142. The zero-order valence-corrected chi connectivity index (χ0v) is 17.8. The zero-order chi connectivity index (χ0) is 22.5. The van der Waals surface area contributed by atoms with Crippen LogP contribution in [0.1, 0.15) is 54.9 Å². The van der Waals surface area contributed by atoms with Crippen LogP contribution in [0.15, 0.2) is 48.5 Å². The fraction of sp³-hybridized carbons (Fsp3) is 0.500. The Morgan fingerprint density at radius 2 is 1.71 bits per heavy atom. The van der Waals surface area contributed by atoms with Gasteiger partial charge in [0.1, 0.15) is 5.75 Å². The second-order valence-corrected chi connectivity index (χ2v) is 7.61. The highest BCUT2D eigenvalue weighted by molar-refractivity contribution is 5.36. The molecule has 0 aliphatic carbocycles. The van der Waals surface area contributed by atoms with Gasteiger partial charge in [0.2, 0.25) is 0 Å². The van der Waals surface area contributed by atoms with Gasteiger partial charge in [0, 0.05) is 30.7 Å². The molecule has 0 radical (unpaired) electrons. The highest BCUT2D eigenvalue weighted by Gasteiger charge is 2.30. The van der Waals surface area contributed by atoms with Crippen LogP contribution in [0.2, 0.25) is 0 Å². The van der Waals surface area contributed by atoms with Gasteiger partial charge in [-0.1, -0.05) is 49.2 Å². The van der Waals surface area contributed by atoms with E-state index in [2.05, 4.69) is 5.32 Å². The Morgan fingerprint density at radius 1 is 0.968 bits per heavy atom. The van der Waals surface area contributed by atoms with Gasteiger partial charge in [0.15, 0.2) is 0 Å². The van der Waals surface area contributed by atoms with E-state index in [0.717, 1.165) is 32.2 Å². The van der Waals surface area contributed by atoms with E-state index in [9.17, 15) is 24.1 Å². The van der Waals surface area contributed by atoms with Crippen molar-refractivity contribution in [2.45, 2.75) is 50.7 Å². The molecule has 7 heteroatoms. The Labute approximate surface area is 182 Å². The van der Waals surface area contributed by atoms with Gasteiger partial charge in [-0.3, -0.25) is 0 Å². The summed E-state index contributed by atoms with van der Waals surface area (Å²) in [4.78, 5) is 0. The first-order valence-corrected chi connectivity index (χ1v) is 10.8. The van der Waals surface area contributed by atoms with Crippen LogP contribution >= 0.6 is 0 Å². The lowest BCUT2D eigenvalue weighted by molar-refractivity contribution is -0.0388. The monoisotopic (exact) mass is 437 g/mol. The lowest BCUT2D eigenvalue weighted by atomic mass is 10.1. The van der Waals surface area contributed by atoms with Crippen molar-refractivity contribution in [3.8, 4) is 5.75 Å². The molecule has 0 saturated carbocycles. The molecule has 0 saturated heterocycles. The Balaban J connectivity index is 1.47. The number of hydrogen-bond donors (Lipinski definition) is 4. The van der Waals surface area contributed by atoms with Crippen molar-refractivity contribution in [2.24, 2.45) is 0 Å². The molecule has 172 valence electrons. The van der Waals surface area contributed by atoms with Gasteiger partial charge >= 0.3 is 0 Å². The number of unbranched alkanes of at least 4 members (excludes halogenated alkanes) is 3. The number of benzene rings is 2. The third-order valence-corrected chi connectivity index (χ3v) is 5.15. The van der Waals surface area contributed by atoms with E-state index in [0.29, 0.717) is 24.3 Å². The van der Waals surface area contributed by atoms with E-state index in [1.807, 2.05) is 0 Å². The SMILES string of the molecule is OCc1cc([C@H](O)CNCCCCCCOCCC(F)(F)c2ccccc2)ccc1O. The quantitative estimate of drug-likeness (QED) is 0.313. The summed E-state index contributed by atoms with van der Waals surface area (Å²) in [7, 11) is 0. The predicted molar refractivity (Wildman–Crippen MR) is 116 cm³/mol. The molecule has 0 fully saturated rings. The summed E-state index contributed by atoms with van der Waals surface area (Å²) in [5.41, 5.74) is 1.06. The number of aliphatic hydroxyl groups is 2. The molecule has 1 atom stereocenters. The van der Waals surface area contributed by atoms with Crippen LogP contribution in [0, 0.1) is 0 Å². The van der Waals surface area contributed by atoms with Crippen molar-refractivity contribution < 1.29 is 28.8 Å². The number of ether oxygens (including phenoxy) is 1. The van der Waals surface area contributed by atoms with Gasteiger partial charge in [0.25, 0.3) is 5.92 Å². The van der Waals surface area contributed by atoms with Crippen molar-refractivity contribution in [3.63, 3.8) is 0 Å². The fourth-order valence-corrected chi connectivity index (χ4v) is 3.23. The molecular formula is C24H33F2NO4. The minimum Gasteiger partial charge on any atom is -0.508 e. The van der Waals surface area contributed by atoms with Crippen LogP contribution in [0.4, 0.5) is 8.78 Å². The Hall–Kier alpha value is -2.06. The van der Waals surface area contributed by atoms with Crippen molar-refractivity contribution >= 4 is 0 Å². The van der Waals surface area contributed by atoms with Gasteiger partial charge in [-0.2, -0.15) is 0 Å². The Bertz CT molecular complexity index is 758. The first-order chi connectivity index (χ1) is 14.9. The summed E-state index contributed by atoms with van der Waals surface area (Å²) >= 11 is 0. The van der Waals surface area contributed by atoms with E-state index in [1.54, 1.807) is 30.3 Å². The molecule has 0 bridgehead atoms. The zero-order valence-electron chi connectivity index (χ0n) is 17.8. The lowest BCUT2D eigenvalue weighted by Crippen LogP contribution is -2.22. The average Bonchev–Trinajstić information content (AvgIpc) is 2.78. The second-order valence-electron chi connectivity index (χ2n) is 7.61. The molecule has 5 nitrogen and oxygen atoms in total. The normalized spacial score (nSPS) is 12.8. The van der Waals surface area contributed by atoms with E-state index >= 15 is 0 Å². The number of aromatic hydroxyl groups is 1. The number of rotatable bonds is 15. The van der Waals surface area contributed by atoms with Crippen LogP contribution < -0.4 is 5.32 Å². The Kier molecular flexibility index (Phi) is 10.9. The minimum atomic E-state index is -2.86. The summed E-state index contributed by atoms with van der Waals surface area (Å²) in [5.74, 6) is -2.85. The van der Waals surface area contributed by atoms with Crippen LogP contribution in [0.25, 0.3) is 0 Å². The Morgan fingerprint density at radius 3 is 2.45 bits per heavy atom. The van der Waals surface area contributed by atoms with Gasteiger partial charge in [-0.15, -0.1) is 0 Å². The lowest BCUT2D eigenvalue weighted by Gasteiger charge is -2.16.